The van der Waals surface area contributed by atoms with Gasteiger partial charge in [0.1, 0.15) is 5.56 Å². The van der Waals surface area contributed by atoms with Crippen molar-refractivity contribution in [1.82, 2.24) is 19.9 Å². The van der Waals surface area contributed by atoms with Gasteiger partial charge in [0.2, 0.25) is 10.1 Å². The number of halogens is 1. The molecule has 0 aliphatic heterocycles. The molecule has 7 nitrogen and oxygen atoms in total. The van der Waals surface area contributed by atoms with Crippen LogP contribution in [0.5, 0.6) is 0 Å². The molecule has 2 aromatic heterocycles. The number of carbonyl (C=O) groups is 1. The lowest BCUT2D eigenvalue weighted by Gasteiger charge is -2.15. The quantitative estimate of drug-likeness (QED) is 0.653. The predicted molar refractivity (Wildman–Crippen MR) is 108 cm³/mol. The Labute approximate surface area is 165 Å². The molecule has 0 atom stereocenters. The van der Waals surface area contributed by atoms with Gasteiger partial charge in [-0.05, 0) is 31.9 Å². The number of anilines is 1. The summed E-state index contributed by atoms with van der Waals surface area (Å²) >= 11 is 7.44. The second kappa shape index (κ2) is 8.49. The molecular weight excluding hydrogens is 386 g/mol. The van der Waals surface area contributed by atoms with E-state index in [0.29, 0.717) is 28.1 Å². The number of fused-ring (bicyclic) bond motifs is 1. The zero-order valence-electron chi connectivity index (χ0n) is 15.1. The summed E-state index contributed by atoms with van der Waals surface area (Å²) in [6, 6.07) is 7.45. The van der Waals surface area contributed by atoms with Crippen molar-refractivity contribution >= 4 is 38.9 Å². The molecule has 0 radical (unpaired) electrons. The minimum Gasteiger partial charge on any atom is -0.351 e. The van der Waals surface area contributed by atoms with E-state index in [4.69, 9.17) is 11.6 Å². The molecule has 3 aromatic rings. The van der Waals surface area contributed by atoms with E-state index in [-0.39, 0.29) is 5.56 Å². The molecule has 0 unspecified atom stereocenters. The van der Waals surface area contributed by atoms with Crippen molar-refractivity contribution in [2.75, 3.05) is 24.5 Å². The highest BCUT2D eigenvalue weighted by atomic mass is 35.5. The first-order valence-electron chi connectivity index (χ1n) is 8.70. The fraction of sp³-hybridized carbons (Fsp3) is 0.333. The molecule has 9 heteroatoms. The van der Waals surface area contributed by atoms with Gasteiger partial charge in [0, 0.05) is 30.9 Å². The van der Waals surface area contributed by atoms with Crippen LogP contribution in [0.15, 0.2) is 35.3 Å². The zero-order chi connectivity index (χ0) is 19.4. The molecule has 0 aliphatic carbocycles. The summed E-state index contributed by atoms with van der Waals surface area (Å²) in [7, 11) is 0. The third kappa shape index (κ3) is 4.12. The maximum Gasteiger partial charge on any atom is 0.288 e. The van der Waals surface area contributed by atoms with Gasteiger partial charge in [0.15, 0.2) is 0 Å². The van der Waals surface area contributed by atoms with Crippen LogP contribution < -0.4 is 15.8 Å². The Hall–Kier alpha value is -2.45. The first-order valence-corrected chi connectivity index (χ1v) is 9.90. The van der Waals surface area contributed by atoms with Gasteiger partial charge in [-0.3, -0.25) is 9.59 Å². The molecule has 0 spiro atoms. The Morgan fingerprint density at radius 2 is 2.04 bits per heavy atom. The second-order valence-corrected chi connectivity index (χ2v) is 7.17. The molecule has 0 saturated heterocycles. The molecule has 0 aliphatic rings. The van der Waals surface area contributed by atoms with Crippen LogP contribution in [0, 0.1) is 0 Å². The van der Waals surface area contributed by atoms with Crippen molar-refractivity contribution in [3.63, 3.8) is 0 Å². The average Bonchev–Trinajstić information content (AvgIpc) is 3.09. The summed E-state index contributed by atoms with van der Waals surface area (Å²) in [5.74, 6) is -0.466. The Morgan fingerprint density at radius 3 is 2.74 bits per heavy atom. The van der Waals surface area contributed by atoms with Crippen molar-refractivity contribution < 1.29 is 4.79 Å². The van der Waals surface area contributed by atoms with Gasteiger partial charge < -0.3 is 10.2 Å². The van der Waals surface area contributed by atoms with E-state index < -0.39 is 11.5 Å². The maximum atomic E-state index is 12.6. The van der Waals surface area contributed by atoms with Crippen LogP contribution in [0.2, 0.25) is 5.02 Å². The van der Waals surface area contributed by atoms with Gasteiger partial charge in [-0.15, -0.1) is 5.10 Å². The van der Waals surface area contributed by atoms with Gasteiger partial charge in [-0.1, -0.05) is 41.1 Å². The van der Waals surface area contributed by atoms with Crippen LogP contribution in [0.25, 0.3) is 4.96 Å². The molecule has 142 valence electrons. The first kappa shape index (κ1) is 19.3. The van der Waals surface area contributed by atoms with Crippen molar-refractivity contribution in [3.05, 3.63) is 57.0 Å². The Balaban J connectivity index is 1.76. The highest BCUT2D eigenvalue weighted by Crippen LogP contribution is 2.20. The molecule has 1 amide bonds. The smallest absolute Gasteiger partial charge is 0.288 e. The van der Waals surface area contributed by atoms with Crippen LogP contribution in [0.1, 0.15) is 29.8 Å². The average molecular weight is 406 g/mol. The number of rotatable bonds is 7. The zero-order valence-corrected chi connectivity index (χ0v) is 16.7. The van der Waals surface area contributed by atoms with Crippen LogP contribution in [0.3, 0.4) is 0 Å². The lowest BCUT2D eigenvalue weighted by Crippen LogP contribution is -2.33. The minimum atomic E-state index is -0.468. The molecule has 0 fully saturated rings. The van der Waals surface area contributed by atoms with Crippen molar-refractivity contribution in [2.45, 2.75) is 20.3 Å². The third-order valence-electron chi connectivity index (χ3n) is 4.19. The normalized spacial score (nSPS) is 10.9. The summed E-state index contributed by atoms with van der Waals surface area (Å²) in [6.07, 6.45) is 1.89. The fourth-order valence-electron chi connectivity index (χ4n) is 2.66. The molecule has 27 heavy (non-hydrogen) atoms. The topological polar surface area (TPSA) is 79.6 Å². The lowest BCUT2D eigenvalue weighted by atomic mass is 10.1. The van der Waals surface area contributed by atoms with Gasteiger partial charge >= 0.3 is 0 Å². The number of carbonyl (C=O) groups excluding carboxylic acids is 1. The largest absolute Gasteiger partial charge is 0.351 e. The summed E-state index contributed by atoms with van der Waals surface area (Å²) in [5, 5.41) is 8.43. The predicted octanol–water partition coefficient (Wildman–Crippen LogP) is 2.62. The highest BCUT2D eigenvalue weighted by molar-refractivity contribution is 7.20. The number of aromatic nitrogens is 3. The number of hydrogen-bond donors (Lipinski definition) is 1. The number of nitrogens with one attached hydrogen (secondary N) is 1. The SMILES string of the molecule is CCN(CC)c1nn2c(=O)c(C(=O)NCCc3ccccc3Cl)cnc2s1. The molecule has 0 saturated carbocycles. The van der Waals surface area contributed by atoms with E-state index in [9.17, 15) is 9.59 Å². The minimum absolute atomic E-state index is 0.0249. The number of benzene rings is 1. The van der Waals surface area contributed by atoms with Crippen molar-refractivity contribution in [3.8, 4) is 0 Å². The third-order valence-corrected chi connectivity index (χ3v) is 5.54. The molecule has 1 aromatic carbocycles. The van der Waals surface area contributed by atoms with E-state index in [1.165, 1.54) is 22.0 Å². The van der Waals surface area contributed by atoms with Gasteiger partial charge in [-0.25, -0.2) is 4.98 Å². The van der Waals surface area contributed by atoms with E-state index in [0.717, 1.165) is 18.7 Å². The van der Waals surface area contributed by atoms with E-state index in [1.807, 2.05) is 36.9 Å². The monoisotopic (exact) mass is 405 g/mol. The summed E-state index contributed by atoms with van der Waals surface area (Å²) in [5.41, 5.74) is 0.445. The lowest BCUT2D eigenvalue weighted by molar-refractivity contribution is 0.0952. The highest BCUT2D eigenvalue weighted by Gasteiger charge is 2.17. The summed E-state index contributed by atoms with van der Waals surface area (Å²) in [4.78, 5) is 31.8. The van der Waals surface area contributed by atoms with E-state index in [2.05, 4.69) is 15.4 Å². The number of nitrogens with zero attached hydrogens (tertiary/aromatic N) is 4. The van der Waals surface area contributed by atoms with Crippen LogP contribution in [0.4, 0.5) is 5.13 Å². The van der Waals surface area contributed by atoms with E-state index >= 15 is 0 Å². The van der Waals surface area contributed by atoms with Crippen LogP contribution >= 0.6 is 22.9 Å². The molecule has 2 heterocycles. The molecular formula is C18H20ClN5O2S. The molecule has 3 rings (SSSR count). The van der Waals surface area contributed by atoms with E-state index in [1.54, 1.807) is 6.07 Å². The van der Waals surface area contributed by atoms with Crippen molar-refractivity contribution in [1.29, 1.82) is 0 Å². The number of hydrogen-bond acceptors (Lipinski definition) is 6. The fourth-order valence-corrected chi connectivity index (χ4v) is 3.88. The van der Waals surface area contributed by atoms with Crippen LogP contribution in [-0.4, -0.2) is 40.1 Å². The maximum absolute atomic E-state index is 12.6. The van der Waals surface area contributed by atoms with Gasteiger partial charge in [0.25, 0.3) is 11.5 Å². The van der Waals surface area contributed by atoms with Crippen LogP contribution in [-0.2, 0) is 6.42 Å². The number of amides is 1. The Morgan fingerprint density at radius 1 is 1.30 bits per heavy atom. The second-order valence-electron chi connectivity index (χ2n) is 5.83. The Bertz CT molecular complexity index is 1010. The first-order chi connectivity index (χ1) is 13.0. The Kier molecular flexibility index (Phi) is 6.08. The van der Waals surface area contributed by atoms with Gasteiger partial charge in [-0.2, -0.15) is 4.52 Å². The standard InChI is InChI=1S/C18H20ClN5O2S/c1-3-23(4-2)18-22-24-16(26)13(11-21-17(24)27-18)15(25)20-10-9-12-7-5-6-8-14(12)19/h5-8,11H,3-4,9-10H2,1-2H3,(H,20,25). The summed E-state index contributed by atoms with van der Waals surface area (Å²) in [6.45, 7) is 5.96. The van der Waals surface area contributed by atoms with Crippen molar-refractivity contribution in [2.24, 2.45) is 0 Å². The molecule has 0 bridgehead atoms. The van der Waals surface area contributed by atoms with Gasteiger partial charge in [0.05, 0.1) is 0 Å². The summed E-state index contributed by atoms with van der Waals surface area (Å²) < 4.78 is 1.20. The molecule has 1 N–H and O–H groups in total.